The molecule has 4 N–H and O–H groups in total. The molecule has 0 spiro atoms. The predicted octanol–water partition coefficient (Wildman–Crippen LogP) is 3.62. The fourth-order valence-corrected chi connectivity index (χ4v) is 5.44. The summed E-state index contributed by atoms with van der Waals surface area (Å²) in [4.78, 5) is 35.0. The lowest BCUT2D eigenvalue weighted by molar-refractivity contribution is -0.136. The average molecular weight is 552 g/mol. The third-order valence-electron chi connectivity index (χ3n) is 7.49. The summed E-state index contributed by atoms with van der Waals surface area (Å²) in [5.41, 5.74) is 7.89. The number of carbonyl (C=O) groups is 2. The Morgan fingerprint density at radius 1 is 1.32 bits per heavy atom. The number of nitrogens with zero attached hydrogens (tertiary/aromatic N) is 4. The van der Waals surface area contributed by atoms with Gasteiger partial charge in [-0.2, -0.15) is 0 Å². The Hall–Kier alpha value is -4.02. The first-order chi connectivity index (χ1) is 19.0. The summed E-state index contributed by atoms with van der Waals surface area (Å²) in [5, 5.41) is 10.1. The number of aromatic nitrogens is 1. The van der Waals surface area contributed by atoms with Crippen LogP contribution in [0.1, 0.15) is 68.3 Å². The van der Waals surface area contributed by atoms with Gasteiger partial charge in [-0.25, -0.2) is 4.99 Å². The summed E-state index contributed by atoms with van der Waals surface area (Å²) in [7, 11) is 3.31. The van der Waals surface area contributed by atoms with Crippen LogP contribution in [0.15, 0.2) is 45.7 Å². The molecule has 1 unspecified atom stereocenters. The molecule has 4 rings (SSSR count). The van der Waals surface area contributed by atoms with E-state index in [1.807, 2.05) is 20.8 Å². The summed E-state index contributed by atoms with van der Waals surface area (Å²) in [6, 6.07) is 7.28. The SMILES string of the molecule is COc1cc(C(=O)NCc2cc(C)on2)ccc1NC(C)N=C1/C(=C\N)N(C)C(=O)C(C)(C)CN1C1CCCC1. The lowest BCUT2D eigenvalue weighted by atomic mass is 9.91. The maximum atomic E-state index is 13.3. The van der Waals surface area contributed by atoms with E-state index in [-0.39, 0.29) is 24.5 Å². The van der Waals surface area contributed by atoms with Crippen LogP contribution in [0.25, 0.3) is 0 Å². The maximum absolute atomic E-state index is 13.3. The number of rotatable bonds is 8. The van der Waals surface area contributed by atoms with Gasteiger partial charge in [0, 0.05) is 37.5 Å². The van der Waals surface area contributed by atoms with E-state index >= 15 is 0 Å². The second-order valence-electron chi connectivity index (χ2n) is 11.2. The number of amides is 2. The van der Waals surface area contributed by atoms with Gasteiger partial charge in [0.05, 0.1) is 24.8 Å². The molecule has 2 heterocycles. The second kappa shape index (κ2) is 12.0. The molecule has 2 amide bonds. The number of aliphatic imine (C=N–C) groups is 1. The first-order valence-electron chi connectivity index (χ1n) is 13.7. The van der Waals surface area contributed by atoms with Crippen molar-refractivity contribution in [2.75, 3.05) is 26.0 Å². The molecule has 216 valence electrons. The quantitative estimate of drug-likeness (QED) is 0.452. The Kier molecular flexibility index (Phi) is 8.70. The summed E-state index contributed by atoms with van der Waals surface area (Å²) < 4.78 is 10.7. The van der Waals surface area contributed by atoms with Gasteiger partial charge in [0.2, 0.25) is 5.91 Å². The first kappa shape index (κ1) is 29.0. The highest BCUT2D eigenvalue weighted by molar-refractivity contribution is 6.04. The van der Waals surface area contributed by atoms with Crippen molar-refractivity contribution in [2.24, 2.45) is 16.1 Å². The largest absolute Gasteiger partial charge is 0.495 e. The van der Waals surface area contributed by atoms with Crippen LogP contribution in [-0.4, -0.2) is 65.5 Å². The van der Waals surface area contributed by atoms with Crippen molar-refractivity contribution in [3.63, 3.8) is 0 Å². The molecule has 11 nitrogen and oxygen atoms in total. The number of nitrogens with two attached hydrogens (primary N) is 1. The van der Waals surface area contributed by atoms with Gasteiger partial charge in [-0.15, -0.1) is 0 Å². The predicted molar refractivity (Wildman–Crippen MR) is 154 cm³/mol. The van der Waals surface area contributed by atoms with E-state index in [2.05, 4.69) is 20.7 Å². The van der Waals surface area contributed by atoms with Crippen molar-refractivity contribution < 1.29 is 18.8 Å². The maximum Gasteiger partial charge on any atom is 0.251 e. The highest BCUT2D eigenvalue weighted by Crippen LogP contribution is 2.34. The molecule has 0 radical (unpaired) electrons. The molecule has 1 aliphatic heterocycles. The molecular weight excluding hydrogens is 510 g/mol. The van der Waals surface area contributed by atoms with Crippen LogP contribution in [0.3, 0.4) is 0 Å². The van der Waals surface area contributed by atoms with Gasteiger partial charge < -0.3 is 35.4 Å². The normalized spacial score (nSPS) is 20.6. The van der Waals surface area contributed by atoms with Crippen LogP contribution in [0.5, 0.6) is 5.75 Å². The Bertz CT molecular complexity index is 1290. The zero-order valence-corrected chi connectivity index (χ0v) is 24.3. The van der Waals surface area contributed by atoms with E-state index in [0.717, 1.165) is 25.7 Å². The van der Waals surface area contributed by atoms with Gasteiger partial charge in [0.15, 0.2) is 5.84 Å². The number of methoxy groups -OCH3 is 1. The van der Waals surface area contributed by atoms with E-state index in [0.29, 0.717) is 52.6 Å². The summed E-state index contributed by atoms with van der Waals surface area (Å²) >= 11 is 0. The van der Waals surface area contributed by atoms with Crippen LogP contribution >= 0.6 is 0 Å². The molecule has 1 atom stereocenters. The van der Waals surface area contributed by atoms with Crippen LogP contribution in [0.2, 0.25) is 0 Å². The fraction of sp³-hybridized carbons (Fsp3) is 0.517. The first-order valence-corrected chi connectivity index (χ1v) is 13.7. The number of carbonyl (C=O) groups excluding carboxylic acids is 2. The average Bonchev–Trinajstić information content (AvgIpc) is 3.60. The Balaban J connectivity index is 1.56. The number of nitrogens with one attached hydrogen (secondary N) is 2. The van der Waals surface area contributed by atoms with Gasteiger partial charge in [0.25, 0.3) is 5.91 Å². The van der Waals surface area contributed by atoms with Crippen molar-refractivity contribution >= 4 is 23.3 Å². The van der Waals surface area contributed by atoms with E-state index in [4.69, 9.17) is 20.0 Å². The molecule has 1 saturated heterocycles. The van der Waals surface area contributed by atoms with Crippen molar-refractivity contribution in [1.82, 2.24) is 20.3 Å². The van der Waals surface area contributed by atoms with Gasteiger partial charge in [0.1, 0.15) is 29.1 Å². The lowest BCUT2D eigenvalue weighted by Crippen LogP contribution is -2.45. The number of likely N-dealkylation sites (N-methyl/N-ethyl adjacent to an activating group) is 1. The summed E-state index contributed by atoms with van der Waals surface area (Å²) in [6.07, 6.45) is 5.51. The lowest BCUT2D eigenvalue weighted by Gasteiger charge is -2.35. The highest BCUT2D eigenvalue weighted by atomic mass is 16.5. The summed E-state index contributed by atoms with van der Waals surface area (Å²) in [5.74, 6) is 1.65. The molecule has 40 heavy (non-hydrogen) atoms. The molecule has 2 aromatic rings. The molecule has 1 saturated carbocycles. The fourth-order valence-electron chi connectivity index (χ4n) is 5.44. The zero-order valence-electron chi connectivity index (χ0n) is 24.3. The van der Waals surface area contributed by atoms with Gasteiger partial charge in [-0.3, -0.25) is 9.59 Å². The summed E-state index contributed by atoms with van der Waals surface area (Å²) in [6.45, 7) is 8.50. The molecule has 0 bridgehead atoms. The van der Waals surface area contributed by atoms with Gasteiger partial charge >= 0.3 is 0 Å². The standard InChI is InChI=1S/C29H41N7O4/c1-18-13-21(34-40-18)16-31-27(37)20-11-12-23(25(14-20)39-6)32-19(2)33-26-24(15-30)35(5)28(38)29(3,4)17-36(26)22-9-7-8-10-22/h11-15,19,22,32H,7-10,16-17,30H2,1-6H3,(H,31,37)/b24-15+,33-26?. The minimum absolute atomic E-state index is 0.00669. The number of benzene rings is 1. The number of amidine groups is 1. The van der Waals surface area contributed by atoms with Crippen molar-refractivity contribution in [3.8, 4) is 5.75 Å². The van der Waals surface area contributed by atoms with Gasteiger partial charge in [-0.1, -0.05) is 18.0 Å². The number of hydrogen-bond acceptors (Lipinski definition) is 8. The monoisotopic (exact) mass is 551 g/mol. The molecular formula is C29H41N7O4. The highest BCUT2D eigenvalue weighted by Gasteiger charge is 2.42. The third-order valence-corrected chi connectivity index (χ3v) is 7.49. The Morgan fingerprint density at radius 3 is 2.67 bits per heavy atom. The molecule has 2 aliphatic rings. The topological polar surface area (TPSA) is 138 Å². The third kappa shape index (κ3) is 6.24. The van der Waals surface area contributed by atoms with Crippen LogP contribution in [0.4, 0.5) is 5.69 Å². The van der Waals surface area contributed by atoms with Crippen LogP contribution in [-0.2, 0) is 11.3 Å². The zero-order chi connectivity index (χ0) is 29.0. The van der Waals surface area contributed by atoms with E-state index in [1.165, 1.54) is 6.20 Å². The number of anilines is 1. The molecule has 1 aromatic carbocycles. The van der Waals surface area contributed by atoms with Crippen molar-refractivity contribution in [3.05, 3.63) is 53.2 Å². The number of aryl methyl sites for hydroxylation is 1. The van der Waals surface area contributed by atoms with Crippen molar-refractivity contribution in [2.45, 2.75) is 72.1 Å². The van der Waals surface area contributed by atoms with E-state index in [1.54, 1.807) is 50.2 Å². The Morgan fingerprint density at radius 2 is 2.05 bits per heavy atom. The van der Waals surface area contributed by atoms with Crippen molar-refractivity contribution in [1.29, 1.82) is 0 Å². The van der Waals surface area contributed by atoms with Crippen LogP contribution in [0, 0.1) is 12.3 Å². The second-order valence-corrected chi connectivity index (χ2v) is 11.2. The molecule has 11 heteroatoms. The Labute approximate surface area is 235 Å². The molecule has 1 aliphatic carbocycles. The van der Waals surface area contributed by atoms with Gasteiger partial charge in [-0.05, 0) is 58.7 Å². The number of hydrogen-bond donors (Lipinski definition) is 3. The molecule has 2 fully saturated rings. The number of ether oxygens (including phenoxy) is 1. The minimum atomic E-state index is -0.592. The van der Waals surface area contributed by atoms with E-state index in [9.17, 15) is 9.59 Å². The van der Waals surface area contributed by atoms with Crippen LogP contribution < -0.4 is 21.1 Å². The van der Waals surface area contributed by atoms with E-state index < -0.39 is 5.41 Å². The smallest absolute Gasteiger partial charge is 0.251 e. The minimum Gasteiger partial charge on any atom is -0.495 e. The molecule has 1 aromatic heterocycles.